The highest BCUT2D eigenvalue weighted by molar-refractivity contribution is 7.47. The number of nitrogens with one attached hydrogen (secondary N) is 1. The molecule has 0 aliphatic carbocycles. The molecule has 1 amide bonds. The summed E-state index contributed by atoms with van der Waals surface area (Å²) >= 11 is 0. The summed E-state index contributed by atoms with van der Waals surface area (Å²) in [4.78, 5) is 33.2. The molecule has 0 aliphatic rings. The van der Waals surface area contributed by atoms with Gasteiger partial charge >= 0.3 is 13.8 Å². The number of carbonyl (C=O) groups is 2. The summed E-state index contributed by atoms with van der Waals surface area (Å²) in [5.41, 5.74) is 0. The van der Waals surface area contributed by atoms with Gasteiger partial charge in [-0.05, 0) is 51.4 Å². The van der Waals surface area contributed by atoms with Crippen molar-refractivity contribution in [3.05, 3.63) is 36.5 Å². The smallest absolute Gasteiger partial charge is 0.463 e. The van der Waals surface area contributed by atoms with E-state index in [0.717, 1.165) is 51.4 Å². The fourth-order valence-corrected chi connectivity index (χ4v) is 5.49. The number of aliphatic hydroxyl groups excluding tert-OH is 1. The highest BCUT2D eigenvalue weighted by Gasteiger charge is 2.23. The van der Waals surface area contributed by atoms with Gasteiger partial charge in [0.05, 0.1) is 13.2 Å². The van der Waals surface area contributed by atoms with Crippen LogP contribution in [0.25, 0.3) is 0 Å². The Morgan fingerprint density at radius 3 is 1.74 bits per heavy atom. The molecule has 0 saturated carbocycles. The topological polar surface area (TPSA) is 131 Å². The molecule has 0 heterocycles. The first-order chi connectivity index (χ1) is 22.8. The fourth-order valence-electron chi connectivity index (χ4n) is 4.74. The van der Waals surface area contributed by atoms with Crippen molar-refractivity contribution in [3.63, 3.8) is 0 Å². The lowest BCUT2D eigenvalue weighted by Gasteiger charge is -2.15. The molecule has 2 unspecified atom stereocenters. The molecule has 3 N–H and O–H groups in total. The van der Waals surface area contributed by atoms with Gasteiger partial charge in [0.1, 0.15) is 12.7 Å². The minimum absolute atomic E-state index is 0.0776. The van der Waals surface area contributed by atoms with Crippen molar-refractivity contribution >= 4 is 19.7 Å². The standard InChI is InChI=1S/C37H68NO8P/c1-3-5-7-8-9-10-11-12-13-14-15-16-17-18-19-20-21-22-23-24-25-26-28-30-37(41)44-33-35(39)34-46-47(42,43)45-32-31-38-36(40)29-27-6-4-2/h9-10,12-13,15-16,35,39H,3-8,11,14,17-34H2,1-2H3,(H,38,40)(H,42,43)/b10-9-,13-12-,16-15-. The maximum atomic E-state index is 11.9. The van der Waals surface area contributed by atoms with Gasteiger partial charge in [-0.15, -0.1) is 0 Å². The second kappa shape index (κ2) is 34.1. The summed E-state index contributed by atoms with van der Waals surface area (Å²) in [5, 5.41) is 12.5. The van der Waals surface area contributed by atoms with Gasteiger partial charge in [0.15, 0.2) is 0 Å². The van der Waals surface area contributed by atoms with Crippen molar-refractivity contribution in [2.75, 3.05) is 26.4 Å². The number of hydrogen-bond acceptors (Lipinski definition) is 7. The number of allylic oxidation sites excluding steroid dienone is 6. The second-order valence-electron chi connectivity index (χ2n) is 12.2. The van der Waals surface area contributed by atoms with Crippen LogP contribution < -0.4 is 5.32 Å². The summed E-state index contributed by atoms with van der Waals surface area (Å²) in [6, 6.07) is 0. The molecular weight excluding hydrogens is 617 g/mol. The van der Waals surface area contributed by atoms with Gasteiger partial charge in [-0.2, -0.15) is 0 Å². The Labute approximate surface area is 286 Å². The largest absolute Gasteiger partial charge is 0.472 e. The first kappa shape index (κ1) is 45.2. The zero-order chi connectivity index (χ0) is 34.7. The Bertz CT molecular complexity index is 876. The van der Waals surface area contributed by atoms with Gasteiger partial charge in [-0.3, -0.25) is 18.6 Å². The molecule has 0 bridgehead atoms. The van der Waals surface area contributed by atoms with Crippen LogP contribution >= 0.6 is 7.82 Å². The maximum Gasteiger partial charge on any atom is 0.472 e. The Kier molecular flexibility index (Phi) is 32.8. The second-order valence-corrected chi connectivity index (χ2v) is 13.7. The number of amides is 1. The van der Waals surface area contributed by atoms with E-state index in [4.69, 9.17) is 13.8 Å². The number of ether oxygens (including phenoxy) is 1. The third-order valence-corrected chi connectivity index (χ3v) is 8.56. The Balaban J connectivity index is 3.55. The molecule has 0 radical (unpaired) electrons. The SMILES string of the molecule is CCCCC/C=C\C/C=C\C/C=C\CCCCCCCCCCCCC(=O)OCC(O)COP(=O)(O)OCCNC(=O)CCCCC. The molecule has 0 aromatic heterocycles. The lowest BCUT2D eigenvalue weighted by atomic mass is 10.1. The third kappa shape index (κ3) is 35.4. The number of aliphatic hydroxyl groups is 1. The van der Waals surface area contributed by atoms with E-state index in [1.165, 1.54) is 77.0 Å². The molecule has 0 aromatic carbocycles. The monoisotopic (exact) mass is 685 g/mol. The van der Waals surface area contributed by atoms with Gasteiger partial charge in [-0.25, -0.2) is 4.57 Å². The summed E-state index contributed by atoms with van der Waals surface area (Å²) in [6.07, 6.45) is 35.8. The van der Waals surface area contributed by atoms with Crippen molar-refractivity contribution in [1.29, 1.82) is 0 Å². The van der Waals surface area contributed by atoms with E-state index in [0.29, 0.717) is 6.42 Å². The molecule has 47 heavy (non-hydrogen) atoms. The summed E-state index contributed by atoms with van der Waals surface area (Å²) < 4.78 is 26.5. The van der Waals surface area contributed by atoms with Crippen LogP contribution in [0.1, 0.15) is 155 Å². The Hall–Kier alpha value is -1.77. The number of phosphoric acid groups is 1. The van der Waals surface area contributed by atoms with Crippen LogP contribution in [0.4, 0.5) is 0 Å². The van der Waals surface area contributed by atoms with Crippen LogP contribution in [0.3, 0.4) is 0 Å². The summed E-state index contributed by atoms with van der Waals surface area (Å²) in [7, 11) is -4.39. The Morgan fingerprint density at radius 1 is 0.660 bits per heavy atom. The molecule has 2 atom stereocenters. The maximum absolute atomic E-state index is 11.9. The first-order valence-electron chi connectivity index (χ1n) is 18.5. The van der Waals surface area contributed by atoms with E-state index in [1.807, 2.05) is 6.92 Å². The number of rotatable bonds is 34. The quantitative estimate of drug-likeness (QED) is 0.0264. The highest BCUT2D eigenvalue weighted by Crippen LogP contribution is 2.42. The third-order valence-electron chi connectivity index (χ3n) is 7.57. The zero-order valence-electron chi connectivity index (χ0n) is 29.7. The van der Waals surface area contributed by atoms with Gasteiger partial charge in [0, 0.05) is 19.4 Å². The molecule has 0 saturated heterocycles. The summed E-state index contributed by atoms with van der Waals surface area (Å²) in [6.45, 7) is 3.33. The van der Waals surface area contributed by atoms with E-state index in [2.05, 4.69) is 48.7 Å². The average Bonchev–Trinajstić information content (AvgIpc) is 3.05. The molecule has 0 rings (SSSR count). The molecule has 0 fully saturated rings. The van der Waals surface area contributed by atoms with E-state index in [9.17, 15) is 24.2 Å². The van der Waals surface area contributed by atoms with Crippen LogP contribution in [-0.2, 0) is 27.9 Å². The van der Waals surface area contributed by atoms with Gasteiger partial charge in [-0.1, -0.05) is 127 Å². The lowest BCUT2D eigenvalue weighted by molar-refractivity contribution is -0.147. The number of hydrogen-bond donors (Lipinski definition) is 3. The number of esters is 1. The first-order valence-corrected chi connectivity index (χ1v) is 20.0. The average molecular weight is 686 g/mol. The number of phosphoric ester groups is 1. The van der Waals surface area contributed by atoms with Crippen molar-refractivity contribution in [1.82, 2.24) is 5.32 Å². The van der Waals surface area contributed by atoms with Crippen molar-refractivity contribution in [2.45, 2.75) is 161 Å². The van der Waals surface area contributed by atoms with Gasteiger partial charge in [0.2, 0.25) is 5.91 Å². The van der Waals surface area contributed by atoms with Crippen molar-refractivity contribution < 1.29 is 37.9 Å². The predicted molar refractivity (Wildman–Crippen MR) is 192 cm³/mol. The molecule has 10 heteroatoms. The minimum Gasteiger partial charge on any atom is -0.463 e. The minimum atomic E-state index is -4.39. The van der Waals surface area contributed by atoms with E-state index in [1.54, 1.807) is 0 Å². The molecule has 0 aromatic rings. The van der Waals surface area contributed by atoms with E-state index in [-0.39, 0.29) is 32.1 Å². The highest BCUT2D eigenvalue weighted by atomic mass is 31.2. The van der Waals surface area contributed by atoms with Crippen LogP contribution in [0.15, 0.2) is 36.5 Å². The number of unbranched alkanes of at least 4 members (excludes halogenated alkanes) is 15. The molecule has 9 nitrogen and oxygen atoms in total. The van der Waals surface area contributed by atoms with Crippen LogP contribution in [-0.4, -0.2) is 54.3 Å². The van der Waals surface area contributed by atoms with E-state index < -0.39 is 26.5 Å². The zero-order valence-corrected chi connectivity index (χ0v) is 30.6. The molecule has 0 spiro atoms. The molecule has 274 valence electrons. The van der Waals surface area contributed by atoms with Gasteiger partial charge in [0.25, 0.3) is 0 Å². The Morgan fingerprint density at radius 2 is 1.15 bits per heavy atom. The van der Waals surface area contributed by atoms with Crippen LogP contribution in [0, 0.1) is 0 Å². The van der Waals surface area contributed by atoms with Gasteiger partial charge < -0.3 is 20.1 Å². The lowest BCUT2D eigenvalue weighted by Crippen LogP contribution is -2.27. The number of carbonyl (C=O) groups excluding carboxylic acids is 2. The van der Waals surface area contributed by atoms with Crippen molar-refractivity contribution in [3.8, 4) is 0 Å². The van der Waals surface area contributed by atoms with Crippen LogP contribution in [0.5, 0.6) is 0 Å². The molecule has 0 aliphatic heterocycles. The predicted octanol–water partition coefficient (Wildman–Crippen LogP) is 9.43. The molecular formula is C37H68NO8P. The van der Waals surface area contributed by atoms with E-state index >= 15 is 0 Å². The fraction of sp³-hybridized carbons (Fsp3) is 0.784. The van der Waals surface area contributed by atoms with Crippen LogP contribution in [0.2, 0.25) is 0 Å². The normalized spacial score (nSPS) is 13.9. The summed E-state index contributed by atoms with van der Waals surface area (Å²) in [5.74, 6) is -0.547. The van der Waals surface area contributed by atoms with Crippen molar-refractivity contribution in [2.24, 2.45) is 0 Å².